The minimum atomic E-state index is -0.716. The van der Waals surface area contributed by atoms with Crippen LogP contribution in [0.4, 0.5) is 4.79 Å². The Morgan fingerprint density at radius 3 is 2.67 bits per heavy atom. The number of hydrogen-bond donors (Lipinski definition) is 2. The molecule has 0 radical (unpaired) electrons. The molecule has 9 heteroatoms. The fourth-order valence-electron chi connectivity index (χ4n) is 2.76. The number of hydrogen-bond acceptors (Lipinski definition) is 6. The second kappa shape index (κ2) is 6.62. The normalized spacial score (nSPS) is 26.1. The van der Waals surface area contributed by atoms with E-state index in [0.29, 0.717) is 18.6 Å². The third-order valence-corrected chi connectivity index (χ3v) is 5.31. The SMILES string of the molecule is CC(C)(C)NC(=O)NC(=O)COC(=O)[C@@H]1CS[C@]2(C)CCC(=O)N12. The number of nitrogens with one attached hydrogen (secondary N) is 2. The van der Waals surface area contributed by atoms with Crippen LogP contribution in [0.2, 0.25) is 0 Å². The third kappa shape index (κ3) is 4.19. The quantitative estimate of drug-likeness (QED) is 0.717. The topological polar surface area (TPSA) is 105 Å². The molecule has 4 amide bonds. The van der Waals surface area contributed by atoms with Gasteiger partial charge in [0.05, 0.1) is 4.87 Å². The van der Waals surface area contributed by atoms with E-state index in [0.717, 1.165) is 0 Å². The summed E-state index contributed by atoms with van der Waals surface area (Å²) in [6.07, 6.45) is 1.12. The number of fused-ring (bicyclic) bond motifs is 1. The van der Waals surface area contributed by atoms with Gasteiger partial charge in [-0.2, -0.15) is 0 Å². The first kappa shape index (κ1) is 18.6. The Hall–Kier alpha value is -1.77. The second-order valence-electron chi connectivity index (χ2n) is 7.13. The van der Waals surface area contributed by atoms with Crippen LogP contribution in [0.1, 0.15) is 40.5 Å². The lowest BCUT2D eigenvalue weighted by atomic mass is 10.1. The monoisotopic (exact) mass is 357 g/mol. The van der Waals surface area contributed by atoms with Crippen molar-refractivity contribution >= 4 is 35.6 Å². The van der Waals surface area contributed by atoms with Crippen molar-refractivity contribution in [3.05, 3.63) is 0 Å². The second-order valence-corrected chi connectivity index (χ2v) is 8.63. The van der Waals surface area contributed by atoms with E-state index in [2.05, 4.69) is 10.6 Å². The van der Waals surface area contributed by atoms with Crippen molar-refractivity contribution in [2.75, 3.05) is 12.4 Å². The standard InChI is InChI=1S/C15H23N3O5S/c1-14(2,3)17-13(22)16-10(19)7-23-12(21)9-8-24-15(4)6-5-11(20)18(9)15/h9H,5-8H2,1-4H3,(H2,16,17,19,22)/t9-,15+/m0/s1. The summed E-state index contributed by atoms with van der Waals surface area (Å²) in [5, 5.41) is 4.66. The van der Waals surface area contributed by atoms with Gasteiger partial charge in [0.25, 0.3) is 5.91 Å². The van der Waals surface area contributed by atoms with Gasteiger partial charge in [0.15, 0.2) is 6.61 Å². The maximum absolute atomic E-state index is 12.2. The zero-order valence-electron chi connectivity index (χ0n) is 14.3. The average molecular weight is 357 g/mol. The predicted molar refractivity (Wildman–Crippen MR) is 88.1 cm³/mol. The summed E-state index contributed by atoms with van der Waals surface area (Å²) in [4.78, 5) is 48.6. The molecule has 2 atom stereocenters. The van der Waals surface area contributed by atoms with Crippen molar-refractivity contribution in [2.45, 2.75) is 57.0 Å². The fourth-order valence-corrected chi connectivity index (χ4v) is 4.18. The van der Waals surface area contributed by atoms with E-state index in [9.17, 15) is 19.2 Å². The Morgan fingerprint density at radius 1 is 1.38 bits per heavy atom. The zero-order chi connectivity index (χ0) is 18.1. The number of carbonyl (C=O) groups is 4. The van der Waals surface area contributed by atoms with Crippen LogP contribution in [0.25, 0.3) is 0 Å². The molecule has 2 heterocycles. The summed E-state index contributed by atoms with van der Waals surface area (Å²) < 4.78 is 4.98. The van der Waals surface area contributed by atoms with Gasteiger partial charge in [-0.05, 0) is 34.1 Å². The van der Waals surface area contributed by atoms with Crippen LogP contribution in [0.3, 0.4) is 0 Å². The van der Waals surface area contributed by atoms with Gasteiger partial charge >= 0.3 is 12.0 Å². The smallest absolute Gasteiger partial charge is 0.330 e. The van der Waals surface area contributed by atoms with E-state index in [1.807, 2.05) is 6.92 Å². The molecule has 134 valence electrons. The first-order chi connectivity index (χ1) is 11.0. The molecule has 0 aromatic carbocycles. The van der Waals surface area contributed by atoms with Gasteiger partial charge in [0.1, 0.15) is 6.04 Å². The zero-order valence-corrected chi connectivity index (χ0v) is 15.1. The first-order valence-electron chi connectivity index (χ1n) is 7.77. The number of imide groups is 1. The number of thioether (sulfide) groups is 1. The Kier molecular flexibility index (Phi) is 5.12. The first-order valence-corrected chi connectivity index (χ1v) is 8.75. The lowest BCUT2D eigenvalue weighted by molar-refractivity contribution is -0.156. The molecule has 2 aliphatic heterocycles. The Morgan fingerprint density at radius 2 is 2.04 bits per heavy atom. The highest BCUT2D eigenvalue weighted by Crippen LogP contribution is 2.47. The highest BCUT2D eigenvalue weighted by molar-refractivity contribution is 8.01. The van der Waals surface area contributed by atoms with E-state index < -0.39 is 36.1 Å². The van der Waals surface area contributed by atoms with Gasteiger partial charge in [0, 0.05) is 17.7 Å². The summed E-state index contributed by atoms with van der Waals surface area (Å²) in [6.45, 7) is 6.70. The summed E-state index contributed by atoms with van der Waals surface area (Å²) in [5.41, 5.74) is -0.483. The lowest BCUT2D eigenvalue weighted by Gasteiger charge is -2.29. The molecule has 2 saturated heterocycles. The van der Waals surface area contributed by atoms with Gasteiger partial charge in [-0.1, -0.05) is 0 Å². The van der Waals surface area contributed by atoms with Gasteiger partial charge in [-0.3, -0.25) is 14.9 Å². The molecule has 0 saturated carbocycles. The molecule has 0 spiro atoms. The Bertz CT molecular complexity index is 574. The lowest BCUT2D eigenvalue weighted by Crippen LogP contribution is -2.50. The molecule has 0 aromatic heterocycles. The highest BCUT2D eigenvalue weighted by atomic mass is 32.2. The molecule has 2 aliphatic rings. The summed E-state index contributed by atoms with van der Waals surface area (Å²) in [5.74, 6) is -0.953. The number of ether oxygens (including phenoxy) is 1. The van der Waals surface area contributed by atoms with Gasteiger partial charge < -0.3 is 15.0 Å². The number of urea groups is 1. The molecule has 24 heavy (non-hydrogen) atoms. The van der Waals surface area contributed by atoms with Crippen molar-refractivity contribution in [1.82, 2.24) is 15.5 Å². The molecule has 0 aromatic rings. The van der Waals surface area contributed by atoms with Crippen molar-refractivity contribution in [3.8, 4) is 0 Å². The maximum atomic E-state index is 12.2. The molecular weight excluding hydrogens is 334 g/mol. The van der Waals surface area contributed by atoms with Gasteiger partial charge in [0.2, 0.25) is 5.91 Å². The van der Waals surface area contributed by atoms with Crippen LogP contribution in [-0.4, -0.2) is 57.5 Å². The molecule has 8 nitrogen and oxygen atoms in total. The minimum absolute atomic E-state index is 0.0709. The average Bonchev–Trinajstić information content (AvgIpc) is 2.91. The molecule has 0 aliphatic carbocycles. The fraction of sp³-hybridized carbons (Fsp3) is 0.733. The van der Waals surface area contributed by atoms with E-state index in [1.165, 1.54) is 0 Å². The van der Waals surface area contributed by atoms with E-state index in [1.54, 1.807) is 37.4 Å². The molecule has 0 bridgehead atoms. The van der Waals surface area contributed by atoms with Crippen LogP contribution < -0.4 is 10.6 Å². The Labute approximate surface area is 145 Å². The predicted octanol–water partition coefficient (Wildman–Crippen LogP) is 0.608. The van der Waals surface area contributed by atoms with Crippen molar-refractivity contribution in [1.29, 1.82) is 0 Å². The van der Waals surface area contributed by atoms with Crippen molar-refractivity contribution in [2.24, 2.45) is 0 Å². The molecule has 0 unspecified atom stereocenters. The number of amides is 4. The van der Waals surface area contributed by atoms with Crippen molar-refractivity contribution < 1.29 is 23.9 Å². The van der Waals surface area contributed by atoms with Crippen LogP contribution in [0.15, 0.2) is 0 Å². The van der Waals surface area contributed by atoms with E-state index in [-0.39, 0.29) is 10.8 Å². The molecule has 2 fully saturated rings. The minimum Gasteiger partial charge on any atom is -0.454 e. The maximum Gasteiger partial charge on any atom is 0.330 e. The van der Waals surface area contributed by atoms with Gasteiger partial charge in [-0.25, -0.2) is 9.59 Å². The van der Waals surface area contributed by atoms with E-state index >= 15 is 0 Å². The van der Waals surface area contributed by atoms with Crippen LogP contribution in [-0.2, 0) is 19.1 Å². The van der Waals surface area contributed by atoms with E-state index in [4.69, 9.17) is 4.74 Å². The molecule has 2 rings (SSSR count). The Balaban J connectivity index is 1.82. The van der Waals surface area contributed by atoms with Crippen LogP contribution in [0, 0.1) is 0 Å². The summed E-state index contributed by atoms with van der Waals surface area (Å²) in [6, 6.07) is -1.33. The molecule has 2 N–H and O–H groups in total. The molecular formula is C15H23N3O5S. The van der Waals surface area contributed by atoms with Crippen LogP contribution >= 0.6 is 11.8 Å². The van der Waals surface area contributed by atoms with Crippen LogP contribution in [0.5, 0.6) is 0 Å². The summed E-state index contributed by atoms with van der Waals surface area (Å²) in [7, 11) is 0. The number of carbonyl (C=O) groups excluding carboxylic acids is 4. The summed E-state index contributed by atoms with van der Waals surface area (Å²) >= 11 is 1.55. The highest BCUT2D eigenvalue weighted by Gasteiger charge is 2.53. The number of rotatable bonds is 3. The largest absolute Gasteiger partial charge is 0.454 e. The van der Waals surface area contributed by atoms with Gasteiger partial charge in [-0.15, -0.1) is 11.8 Å². The third-order valence-electron chi connectivity index (χ3n) is 3.80. The number of esters is 1. The van der Waals surface area contributed by atoms with Crippen molar-refractivity contribution in [3.63, 3.8) is 0 Å². The number of nitrogens with zero attached hydrogens (tertiary/aromatic N) is 1.